The summed E-state index contributed by atoms with van der Waals surface area (Å²) in [7, 11) is 2.08. The van der Waals surface area contributed by atoms with E-state index in [1.165, 1.54) is 12.3 Å². The number of carbonyl (C=O) groups is 1. The molecule has 2 aliphatic rings. The minimum atomic E-state index is -0.244. The molecule has 3 rings (SSSR count). The molecule has 0 spiro atoms. The summed E-state index contributed by atoms with van der Waals surface area (Å²) in [4.78, 5) is 30.6. The molecule has 0 radical (unpaired) electrons. The van der Waals surface area contributed by atoms with Crippen molar-refractivity contribution >= 4 is 5.91 Å². The molecule has 2 bridgehead atoms. The minimum absolute atomic E-state index is 0.0664. The molecule has 1 aromatic rings. The van der Waals surface area contributed by atoms with Crippen LogP contribution in [0.15, 0.2) is 23.1 Å². The van der Waals surface area contributed by atoms with Crippen LogP contribution in [-0.2, 0) is 4.74 Å². The van der Waals surface area contributed by atoms with Gasteiger partial charge in [0, 0.05) is 43.4 Å². The van der Waals surface area contributed by atoms with E-state index < -0.39 is 0 Å². The van der Waals surface area contributed by atoms with Crippen LogP contribution in [0, 0.1) is 5.92 Å². The number of ether oxygens (including phenoxy) is 1. The molecule has 0 aliphatic carbocycles. The van der Waals surface area contributed by atoms with E-state index in [0.717, 1.165) is 6.54 Å². The molecule has 1 amide bonds. The summed E-state index contributed by atoms with van der Waals surface area (Å²) in [6.07, 6.45) is 1.52. The second-order valence-electron chi connectivity index (χ2n) is 5.65. The standard InChI is InChI=1S/C14H19N3O3/c1-16-5-10-6-17(7-12(16)9-20-8-10)14(19)11-2-3-15-13(18)4-11/h2-4,10,12H,5-9H2,1H3,(H,15,18)/t10-,12+/m1/s1. The third-order valence-corrected chi connectivity index (χ3v) is 4.05. The lowest BCUT2D eigenvalue weighted by Gasteiger charge is -2.29. The molecule has 6 heteroatoms. The van der Waals surface area contributed by atoms with Gasteiger partial charge in [-0.1, -0.05) is 0 Å². The minimum Gasteiger partial charge on any atom is -0.379 e. The van der Waals surface area contributed by atoms with Crippen LogP contribution in [-0.4, -0.2) is 66.6 Å². The Morgan fingerprint density at radius 3 is 3.00 bits per heavy atom. The monoisotopic (exact) mass is 277 g/mol. The lowest BCUT2D eigenvalue weighted by molar-refractivity contribution is 0.0433. The van der Waals surface area contributed by atoms with Gasteiger partial charge in [0.2, 0.25) is 5.56 Å². The molecule has 2 fully saturated rings. The van der Waals surface area contributed by atoms with Gasteiger partial charge in [-0.25, -0.2) is 0 Å². The number of nitrogens with zero attached hydrogens (tertiary/aromatic N) is 2. The molecular weight excluding hydrogens is 258 g/mol. The second kappa shape index (κ2) is 5.38. The van der Waals surface area contributed by atoms with Crippen molar-refractivity contribution in [2.45, 2.75) is 6.04 Å². The Kier molecular flexibility index (Phi) is 3.58. The first kappa shape index (κ1) is 13.3. The van der Waals surface area contributed by atoms with Gasteiger partial charge in [0.15, 0.2) is 0 Å². The molecule has 0 unspecified atom stereocenters. The van der Waals surface area contributed by atoms with Crippen molar-refractivity contribution in [1.82, 2.24) is 14.8 Å². The van der Waals surface area contributed by atoms with Gasteiger partial charge in [-0.15, -0.1) is 0 Å². The van der Waals surface area contributed by atoms with Gasteiger partial charge in [0.05, 0.1) is 19.3 Å². The predicted octanol–water partition coefficient (Wildman–Crippen LogP) is -0.222. The number of carbonyl (C=O) groups excluding carboxylic acids is 1. The molecular formula is C14H19N3O3. The average Bonchev–Trinajstić information content (AvgIpc) is 2.66. The average molecular weight is 277 g/mol. The van der Waals surface area contributed by atoms with Crippen LogP contribution in [0.1, 0.15) is 10.4 Å². The molecule has 2 atom stereocenters. The fraction of sp³-hybridized carbons (Fsp3) is 0.571. The summed E-state index contributed by atoms with van der Waals surface area (Å²) in [5.41, 5.74) is 0.212. The molecule has 20 heavy (non-hydrogen) atoms. The Morgan fingerprint density at radius 1 is 1.35 bits per heavy atom. The summed E-state index contributed by atoms with van der Waals surface area (Å²) in [6, 6.07) is 3.25. The van der Waals surface area contributed by atoms with Crippen molar-refractivity contribution < 1.29 is 9.53 Å². The highest BCUT2D eigenvalue weighted by atomic mass is 16.5. The first-order valence-corrected chi connectivity index (χ1v) is 6.89. The van der Waals surface area contributed by atoms with Crippen molar-refractivity contribution in [3.05, 3.63) is 34.2 Å². The quantitative estimate of drug-likeness (QED) is 0.770. The van der Waals surface area contributed by atoms with Gasteiger partial charge >= 0.3 is 0 Å². The summed E-state index contributed by atoms with van der Waals surface area (Å²) < 4.78 is 5.65. The number of H-pyrrole nitrogens is 1. The van der Waals surface area contributed by atoms with Gasteiger partial charge in [-0.05, 0) is 13.1 Å². The van der Waals surface area contributed by atoms with Crippen LogP contribution in [0.4, 0.5) is 0 Å². The number of nitrogens with one attached hydrogen (secondary N) is 1. The molecule has 0 saturated carbocycles. The Morgan fingerprint density at radius 2 is 2.20 bits per heavy atom. The first-order valence-electron chi connectivity index (χ1n) is 6.89. The third kappa shape index (κ3) is 2.62. The predicted molar refractivity (Wildman–Crippen MR) is 73.7 cm³/mol. The largest absolute Gasteiger partial charge is 0.379 e. The van der Waals surface area contributed by atoms with Crippen LogP contribution in [0.3, 0.4) is 0 Å². The van der Waals surface area contributed by atoms with Crippen molar-refractivity contribution in [1.29, 1.82) is 0 Å². The zero-order chi connectivity index (χ0) is 14.1. The number of amides is 1. The van der Waals surface area contributed by atoms with Crippen LogP contribution in [0.5, 0.6) is 0 Å². The van der Waals surface area contributed by atoms with Crippen LogP contribution < -0.4 is 5.56 Å². The van der Waals surface area contributed by atoms with Gasteiger partial charge in [-0.2, -0.15) is 0 Å². The number of hydrogen-bond donors (Lipinski definition) is 1. The van der Waals surface area contributed by atoms with E-state index in [4.69, 9.17) is 4.74 Å². The SMILES string of the molecule is CN1C[C@H]2COC[C@@H]1CN(C(=O)c1cc[nH]c(=O)c1)C2. The molecule has 0 aromatic carbocycles. The fourth-order valence-electron chi connectivity index (χ4n) is 2.98. The number of rotatable bonds is 1. The van der Waals surface area contributed by atoms with E-state index in [9.17, 15) is 9.59 Å². The Labute approximate surface area is 117 Å². The Bertz CT molecular complexity index is 557. The molecule has 108 valence electrons. The van der Waals surface area contributed by atoms with Crippen molar-refractivity contribution in [3.63, 3.8) is 0 Å². The zero-order valence-corrected chi connectivity index (χ0v) is 11.5. The maximum atomic E-state index is 12.6. The number of fused-ring (bicyclic) bond motifs is 3. The highest BCUT2D eigenvalue weighted by molar-refractivity contribution is 5.94. The van der Waals surface area contributed by atoms with Gasteiger partial charge < -0.3 is 14.6 Å². The fourth-order valence-corrected chi connectivity index (χ4v) is 2.98. The molecule has 1 N–H and O–H groups in total. The van der Waals surface area contributed by atoms with Crippen LogP contribution in [0.25, 0.3) is 0 Å². The molecule has 2 aliphatic heterocycles. The smallest absolute Gasteiger partial charge is 0.254 e. The first-order chi connectivity index (χ1) is 9.63. The van der Waals surface area contributed by atoms with E-state index in [1.54, 1.807) is 6.07 Å². The summed E-state index contributed by atoms with van der Waals surface area (Å²) in [6.45, 7) is 3.64. The summed E-state index contributed by atoms with van der Waals surface area (Å²) >= 11 is 0. The van der Waals surface area contributed by atoms with Crippen LogP contribution in [0.2, 0.25) is 0 Å². The summed E-state index contributed by atoms with van der Waals surface area (Å²) in [5, 5.41) is 0. The summed E-state index contributed by atoms with van der Waals surface area (Å²) in [5.74, 6) is 0.266. The van der Waals surface area contributed by atoms with Crippen molar-refractivity contribution in [2.24, 2.45) is 5.92 Å². The Hall–Kier alpha value is -1.66. The number of likely N-dealkylation sites (N-methyl/N-ethyl adjacent to an activating group) is 1. The van der Waals surface area contributed by atoms with E-state index in [-0.39, 0.29) is 17.5 Å². The molecule has 6 nitrogen and oxygen atoms in total. The van der Waals surface area contributed by atoms with E-state index in [1.807, 2.05) is 4.90 Å². The second-order valence-corrected chi connectivity index (χ2v) is 5.65. The molecule has 2 saturated heterocycles. The number of pyridine rings is 1. The maximum absolute atomic E-state index is 12.6. The van der Waals surface area contributed by atoms with Crippen LogP contribution >= 0.6 is 0 Å². The van der Waals surface area contributed by atoms with E-state index >= 15 is 0 Å². The van der Waals surface area contributed by atoms with Crippen molar-refractivity contribution in [3.8, 4) is 0 Å². The van der Waals surface area contributed by atoms with Crippen molar-refractivity contribution in [2.75, 3.05) is 39.9 Å². The highest BCUT2D eigenvalue weighted by Gasteiger charge is 2.33. The topological polar surface area (TPSA) is 65.6 Å². The Balaban J connectivity index is 1.83. The number of aromatic nitrogens is 1. The highest BCUT2D eigenvalue weighted by Crippen LogP contribution is 2.19. The van der Waals surface area contributed by atoms with Gasteiger partial charge in [0.25, 0.3) is 5.91 Å². The normalized spacial score (nSPS) is 27.1. The lowest BCUT2D eigenvalue weighted by Crippen LogP contribution is -2.44. The van der Waals surface area contributed by atoms with Gasteiger partial charge in [0.1, 0.15) is 0 Å². The number of aromatic amines is 1. The molecule has 3 heterocycles. The lowest BCUT2D eigenvalue weighted by atomic mass is 10.1. The van der Waals surface area contributed by atoms with Gasteiger partial charge in [-0.3, -0.25) is 14.5 Å². The number of hydrogen-bond acceptors (Lipinski definition) is 4. The van der Waals surface area contributed by atoms with E-state index in [2.05, 4.69) is 16.9 Å². The zero-order valence-electron chi connectivity index (χ0n) is 11.5. The third-order valence-electron chi connectivity index (χ3n) is 4.05. The molecule has 1 aromatic heterocycles. The van der Waals surface area contributed by atoms with E-state index in [0.29, 0.717) is 37.8 Å². The maximum Gasteiger partial charge on any atom is 0.254 e.